The monoisotopic (exact) mass is 636 g/mol. The van der Waals surface area contributed by atoms with Gasteiger partial charge < -0.3 is 8.83 Å². The molecule has 0 unspecified atom stereocenters. The number of fused-ring (bicyclic) bond motifs is 14. The number of benzene rings is 8. The molecule has 0 N–H and O–H groups in total. The quantitative estimate of drug-likeness (QED) is 0.189. The molecule has 2 aromatic heterocycles. The van der Waals surface area contributed by atoms with Crippen molar-refractivity contribution >= 4 is 43.9 Å². The molecule has 0 spiro atoms. The molecule has 8 aromatic carbocycles. The molecule has 0 bridgehead atoms. The van der Waals surface area contributed by atoms with E-state index in [-0.39, 0.29) is 0 Å². The van der Waals surface area contributed by atoms with Crippen LogP contribution in [0.15, 0.2) is 179 Å². The molecule has 2 heterocycles. The summed E-state index contributed by atoms with van der Waals surface area (Å²) in [5.74, 6) is 0. The highest BCUT2D eigenvalue weighted by atomic mass is 16.3. The lowest BCUT2D eigenvalue weighted by molar-refractivity contribution is 0.669. The Morgan fingerprint density at radius 2 is 0.720 bits per heavy atom. The van der Waals surface area contributed by atoms with E-state index in [0.717, 1.165) is 66.1 Å². The topological polar surface area (TPSA) is 26.3 Å². The third kappa shape index (κ3) is 3.90. The number of hydrogen-bond donors (Lipinski definition) is 0. The zero-order valence-electron chi connectivity index (χ0n) is 27.0. The Morgan fingerprint density at radius 1 is 0.260 bits per heavy atom. The van der Waals surface area contributed by atoms with Crippen LogP contribution < -0.4 is 0 Å². The molecule has 0 saturated heterocycles. The molecule has 2 nitrogen and oxygen atoms in total. The smallest absolute Gasteiger partial charge is 0.143 e. The fourth-order valence-electron chi connectivity index (χ4n) is 8.23. The first kappa shape index (κ1) is 27.3. The third-order valence-electron chi connectivity index (χ3n) is 10.5. The van der Waals surface area contributed by atoms with Gasteiger partial charge in [-0.15, -0.1) is 0 Å². The van der Waals surface area contributed by atoms with Crippen LogP contribution in [-0.4, -0.2) is 0 Å². The summed E-state index contributed by atoms with van der Waals surface area (Å²) in [6, 6.07) is 61.1. The summed E-state index contributed by atoms with van der Waals surface area (Å²) in [6.45, 7) is 0. The van der Waals surface area contributed by atoms with Crippen molar-refractivity contribution in [3.63, 3.8) is 0 Å². The van der Waals surface area contributed by atoms with E-state index in [1.54, 1.807) is 0 Å². The molecule has 50 heavy (non-hydrogen) atoms. The van der Waals surface area contributed by atoms with Gasteiger partial charge in [-0.2, -0.15) is 0 Å². The van der Waals surface area contributed by atoms with E-state index in [1.807, 2.05) is 18.2 Å². The summed E-state index contributed by atoms with van der Waals surface area (Å²) in [5, 5.41) is 4.48. The summed E-state index contributed by atoms with van der Waals surface area (Å²) in [7, 11) is 0. The van der Waals surface area contributed by atoms with Crippen LogP contribution >= 0.6 is 0 Å². The molecule has 0 fully saturated rings. The van der Waals surface area contributed by atoms with E-state index in [1.165, 1.54) is 44.5 Å². The van der Waals surface area contributed by atoms with Crippen molar-refractivity contribution in [3.8, 4) is 66.8 Å². The molecule has 232 valence electrons. The molecule has 0 atom stereocenters. The molecule has 2 heteroatoms. The molecule has 0 saturated carbocycles. The fourth-order valence-corrected chi connectivity index (χ4v) is 8.23. The van der Waals surface area contributed by atoms with E-state index in [2.05, 4.69) is 152 Å². The second-order valence-electron chi connectivity index (χ2n) is 13.2. The van der Waals surface area contributed by atoms with Crippen molar-refractivity contribution < 1.29 is 8.83 Å². The largest absolute Gasteiger partial charge is 0.456 e. The average molecular weight is 637 g/mol. The molecule has 1 aliphatic rings. The van der Waals surface area contributed by atoms with Gasteiger partial charge in [0.2, 0.25) is 0 Å². The third-order valence-corrected chi connectivity index (χ3v) is 10.5. The molecule has 0 amide bonds. The molecule has 1 aliphatic carbocycles. The summed E-state index contributed by atoms with van der Waals surface area (Å²) in [5.41, 5.74) is 17.8. The maximum absolute atomic E-state index is 6.73. The fraction of sp³-hybridized carbons (Fsp3) is 0. The van der Waals surface area contributed by atoms with Crippen LogP contribution in [0.5, 0.6) is 0 Å². The van der Waals surface area contributed by atoms with E-state index in [9.17, 15) is 0 Å². The number of furan rings is 2. The van der Waals surface area contributed by atoms with Gasteiger partial charge in [0.05, 0.1) is 0 Å². The highest BCUT2D eigenvalue weighted by Crippen LogP contribution is 2.53. The van der Waals surface area contributed by atoms with Crippen molar-refractivity contribution in [1.29, 1.82) is 0 Å². The Kier molecular flexibility index (Phi) is 5.70. The first-order valence-electron chi connectivity index (χ1n) is 17.1. The van der Waals surface area contributed by atoms with Crippen LogP contribution in [0.3, 0.4) is 0 Å². The minimum atomic E-state index is 0.893. The highest BCUT2D eigenvalue weighted by molar-refractivity contribution is 6.14. The maximum Gasteiger partial charge on any atom is 0.143 e. The average Bonchev–Trinajstić information content (AvgIpc) is 3.75. The van der Waals surface area contributed by atoms with Crippen molar-refractivity contribution in [2.75, 3.05) is 0 Å². The van der Waals surface area contributed by atoms with Crippen LogP contribution in [0.25, 0.3) is 111 Å². The van der Waals surface area contributed by atoms with Gasteiger partial charge in [0.1, 0.15) is 22.3 Å². The van der Waals surface area contributed by atoms with Gasteiger partial charge in [0, 0.05) is 27.1 Å². The first-order chi connectivity index (χ1) is 24.8. The van der Waals surface area contributed by atoms with Crippen molar-refractivity contribution in [2.24, 2.45) is 0 Å². The normalized spacial score (nSPS) is 12.0. The van der Waals surface area contributed by atoms with E-state index < -0.39 is 0 Å². The standard InChI is InChI=1S/C48H28O2/c1-2-13-32-31(12-1)33-14-3-4-16-35(33)42-27-30(29-24-25-46-41(26-29)37-18-8-9-22-44(37)49-46)28-43(47(42)38-19-6-5-15-34(32)38)40-21-11-20-39-36-17-7-10-23-45(36)50-48(39)40/h1-28H. The Hall–Kier alpha value is -6.64. The molecule has 0 aliphatic heterocycles. The summed E-state index contributed by atoms with van der Waals surface area (Å²) >= 11 is 0. The number of para-hydroxylation sites is 3. The Labute approximate surface area is 288 Å². The lowest BCUT2D eigenvalue weighted by Crippen LogP contribution is -1.99. The highest BCUT2D eigenvalue weighted by Gasteiger charge is 2.26. The van der Waals surface area contributed by atoms with Crippen LogP contribution in [-0.2, 0) is 0 Å². The zero-order valence-corrected chi connectivity index (χ0v) is 27.0. The Morgan fingerprint density at radius 3 is 1.40 bits per heavy atom. The minimum Gasteiger partial charge on any atom is -0.456 e. The van der Waals surface area contributed by atoms with Gasteiger partial charge in [-0.1, -0.05) is 133 Å². The van der Waals surface area contributed by atoms with Gasteiger partial charge in [-0.05, 0) is 97.6 Å². The van der Waals surface area contributed by atoms with Crippen molar-refractivity contribution in [1.82, 2.24) is 0 Å². The number of rotatable bonds is 2. The minimum absolute atomic E-state index is 0.893. The Bertz CT molecular complexity index is 2990. The molecule has 10 aromatic rings. The van der Waals surface area contributed by atoms with Gasteiger partial charge in [0.15, 0.2) is 0 Å². The van der Waals surface area contributed by atoms with Gasteiger partial charge in [-0.3, -0.25) is 0 Å². The van der Waals surface area contributed by atoms with Gasteiger partial charge in [0.25, 0.3) is 0 Å². The van der Waals surface area contributed by atoms with Crippen molar-refractivity contribution in [2.45, 2.75) is 0 Å². The molecule has 11 rings (SSSR count). The van der Waals surface area contributed by atoms with E-state index >= 15 is 0 Å². The lowest BCUT2D eigenvalue weighted by Gasteiger charge is -2.26. The van der Waals surface area contributed by atoms with Gasteiger partial charge >= 0.3 is 0 Å². The Balaban J connectivity index is 1.30. The van der Waals surface area contributed by atoms with Crippen LogP contribution in [0.2, 0.25) is 0 Å². The predicted octanol–water partition coefficient (Wildman–Crippen LogP) is 13.8. The van der Waals surface area contributed by atoms with Crippen LogP contribution in [0.4, 0.5) is 0 Å². The SMILES string of the molecule is c1ccc2c(c1)-c1ccccc1-c1cc(-c3ccc4oc5ccccc5c4c3)cc(-c3cccc4c3oc3ccccc34)c1-c1ccccc1-2. The number of hydrogen-bond acceptors (Lipinski definition) is 2. The van der Waals surface area contributed by atoms with Crippen molar-refractivity contribution in [3.05, 3.63) is 170 Å². The summed E-state index contributed by atoms with van der Waals surface area (Å²) < 4.78 is 13.0. The first-order valence-corrected chi connectivity index (χ1v) is 17.1. The van der Waals surface area contributed by atoms with Gasteiger partial charge in [-0.25, -0.2) is 0 Å². The van der Waals surface area contributed by atoms with Crippen LogP contribution in [0, 0.1) is 0 Å². The second kappa shape index (κ2) is 10.4. The van der Waals surface area contributed by atoms with Crippen LogP contribution in [0.1, 0.15) is 0 Å². The maximum atomic E-state index is 6.73. The second-order valence-corrected chi connectivity index (χ2v) is 13.2. The van der Waals surface area contributed by atoms with E-state index in [0.29, 0.717) is 0 Å². The summed E-state index contributed by atoms with van der Waals surface area (Å²) in [4.78, 5) is 0. The summed E-state index contributed by atoms with van der Waals surface area (Å²) in [6.07, 6.45) is 0. The van der Waals surface area contributed by atoms with E-state index in [4.69, 9.17) is 8.83 Å². The lowest BCUT2D eigenvalue weighted by atomic mass is 9.77. The zero-order chi connectivity index (χ0) is 32.8. The predicted molar refractivity (Wildman–Crippen MR) is 207 cm³/mol. The molecular weight excluding hydrogens is 609 g/mol. The molecular formula is C48H28O2. The molecule has 0 radical (unpaired) electrons.